The number of benzene rings is 2. The van der Waals surface area contributed by atoms with Gasteiger partial charge in [0.25, 0.3) is 0 Å². The molecule has 0 saturated heterocycles. The molecule has 0 aliphatic carbocycles. The zero-order valence-corrected chi connectivity index (χ0v) is 11.3. The monoisotopic (exact) mass is 273 g/mol. The minimum absolute atomic E-state index is 0.160. The van der Waals surface area contributed by atoms with Crippen LogP contribution >= 0.6 is 0 Å². The lowest BCUT2D eigenvalue weighted by Crippen LogP contribution is -2.12. The molecule has 0 fully saturated rings. The first-order valence-corrected chi connectivity index (χ1v) is 6.56. The number of ether oxygens (including phenoxy) is 2. The highest BCUT2D eigenvalue weighted by Gasteiger charge is 2.12. The number of aryl methyl sites for hydroxylation is 1. The molecule has 2 aromatic rings. The zero-order valence-electron chi connectivity index (χ0n) is 11.3. The van der Waals surface area contributed by atoms with E-state index in [0.29, 0.717) is 18.7 Å². The fourth-order valence-corrected chi connectivity index (χ4v) is 2.15. The van der Waals surface area contributed by atoms with Crippen LogP contribution in [0.1, 0.15) is 16.7 Å². The largest absolute Gasteiger partial charge is 0.454 e. The molecule has 0 unspecified atom stereocenters. The van der Waals surface area contributed by atoms with Crippen molar-refractivity contribution in [3.8, 4) is 11.5 Å². The third kappa shape index (κ3) is 2.75. The van der Waals surface area contributed by atoms with Crippen LogP contribution in [-0.2, 0) is 13.1 Å². The molecule has 0 aromatic heterocycles. The van der Waals surface area contributed by atoms with Gasteiger partial charge in [0, 0.05) is 13.1 Å². The van der Waals surface area contributed by atoms with Crippen molar-refractivity contribution >= 4 is 0 Å². The summed E-state index contributed by atoms with van der Waals surface area (Å²) in [6.45, 7) is 3.38. The van der Waals surface area contributed by atoms with Crippen LogP contribution in [0.15, 0.2) is 36.4 Å². The number of hydrogen-bond acceptors (Lipinski definition) is 3. The van der Waals surface area contributed by atoms with Crippen LogP contribution in [0.2, 0.25) is 0 Å². The number of hydrogen-bond donors (Lipinski definition) is 1. The number of rotatable bonds is 4. The van der Waals surface area contributed by atoms with Gasteiger partial charge in [-0.15, -0.1) is 0 Å². The Bertz CT molecular complexity index is 628. The van der Waals surface area contributed by atoms with Gasteiger partial charge >= 0.3 is 0 Å². The molecule has 104 valence electrons. The molecule has 0 spiro atoms. The maximum absolute atomic E-state index is 13.4. The molecule has 1 heterocycles. The minimum Gasteiger partial charge on any atom is -0.454 e. The van der Waals surface area contributed by atoms with Gasteiger partial charge in [0.05, 0.1) is 0 Å². The second kappa shape index (κ2) is 5.51. The van der Waals surface area contributed by atoms with E-state index in [2.05, 4.69) is 5.32 Å². The van der Waals surface area contributed by atoms with Crippen LogP contribution in [-0.4, -0.2) is 6.79 Å². The van der Waals surface area contributed by atoms with E-state index in [1.807, 2.05) is 24.3 Å². The summed E-state index contributed by atoms with van der Waals surface area (Å²) in [7, 11) is 0. The Hall–Kier alpha value is -2.07. The molecule has 2 aromatic carbocycles. The van der Waals surface area contributed by atoms with E-state index in [1.54, 1.807) is 19.1 Å². The summed E-state index contributed by atoms with van der Waals surface area (Å²) >= 11 is 0. The maximum Gasteiger partial charge on any atom is 0.231 e. The molecule has 0 saturated carbocycles. The van der Waals surface area contributed by atoms with Crippen molar-refractivity contribution in [2.24, 2.45) is 0 Å². The predicted octanol–water partition coefficient (Wildman–Crippen LogP) is 3.15. The highest BCUT2D eigenvalue weighted by Crippen LogP contribution is 2.32. The van der Waals surface area contributed by atoms with Gasteiger partial charge < -0.3 is 14.8 Å². The summed E-state index contributed by atoms with van der Waals surface area (Å²) in [6, 6.07) is 11.2. The highest BCUT2D eigenvalue weighted by atomic mass is 19.1. The van der Waals surface area contributed by atoms with E-state index in [-0.39, 0.29) is 12.6 Å². The lowest BCUT2D eigenvalue weighted by atomic mass is 10.1. The quantitative estimate of drug-likeness (QED) is 0.928. The van der Waals surface area contributed by atoms with Crippen LogP contribution in [0.5, 0.6) is 11.5 Å². The Balaban J connectivity index is 1.58. The topological polar surface area (TPSA) is 30.5 Å². The molecular weight excluding hydrogens is 257 g/mol. The third-order valence-corrected chi connectivity index (χ3v) is 3.33. The zero-order chi connectivity index (χ0) is 13.9. The summed E-state index contributed by atoms with van der Waals surface area (Å²) in [5.41, 5.74) is 2.72. The molecule has 20 heavy (non-hydrogen) atoms. The predicted molar refractivity (Wildman–Crippen MR) is 74.2 cm³/mol. The summed E-state index contributed by atoms with van der Waals surface area (Å²) in [6.07, 6.45) is 0. The summed E-state index contributed by atoms with van der Waals surface area (Å²) in [5.74, 6) is 1.41. The molecule has 1 N–H and O–H groups in total. The van der Waals surface area contributed by atoms with Crippen LogP contribution in [0.4, 0.5) is 4.39 Å². The molecule has 0 amide bonds. The van der Waals surface area contributed by atoms with Crippen molar-refractivity contribution in [3.63, 3.8) is 0 Å². The Kier molecular flexibility index (Phi) is 3.56. The Labute approximate surface area is 117 Å². The van der Waals surface area contributed by atoms with Gasteiger partial charge in [0.1, 0.15) is 5.82 Å². The first-order valence-electron chi connectivity index (χ1n) is 6.56. The van der Waals surface area contributed by atoms with E-state index in [1.165, 1.54) is 0 Å². The fraction of sp³-hybridized carbons (Fsp3) is 0.250. The Morgan fingerprint density at radius 1 is 1.00 bits per heavy atom. The Morgan fingerprint density at radius 2 is 1.70 bits per heavy atom. The maximum atomic E-state index is 13.4. The average molecular weight is 273 g/mol. The third-order valence-electron chi connectivity index (χ3n) is 3.33. The second-order valence-corrected chi connectivity index (χ2v) is 4.87. The fourth-order valence-electron chi connectivity index (χ4n) is 2.15. The highest BCUT2D eigenvalue weighted by molar-refractivity contribution is 5.44. The Morgan fingerprint density at radius 3 is 2.50 bits per heavy atom. The van der Waals surface area contributed by atoms with E-state index in [9.17, 15) is 4.39 Å². The van der Waals surface area contributed by atoms with Gasteiger partial charge in [-0.2, -0.15) is 0 Å². The van der Waals surface area contributed by atoms with Crippen LogP contribution in [0.25, 0.3) is 0 Å². The van der Waals surface area contributed by atoms with Crippen molar-refractivity contribution < 1.29 is 13.9 Å². The van der Waals surface area contributed by atoms with Crippen molar-refractivity contribution in [2.75, 3.05) is 6.79 Å². The number of fused-ring (bicyclic) bond motifs is 1. The molecule has 4 heteroatoms. The SMILES string of the molecule is Cc1ccc(CNCc2ccc3c(c2)OCO3)cc1F. The molecule has 1 aliphatic rings. The smallest absolute Gasteiger partial charge is 0.231 e. The normalized spacial score (nSPS) is 12.7. The van der Waals surface area contributed by atoms with E-state index >= 15 is 0 Å². The van der Waals surface area contributed by atoms with E-state index in [4.69, 9.17) is 9.47 Å². The average Bonchev–Trinajstić information content (AvgIpc) is 2.90. The molecular formula is C16H16FNO2. The summed E-state index contributed by atoms with van der Waals surface area (Å²) < 4.78 is 24.0. The molecule has 1 aliphatic heterocycles. The van der Waals surface area contributed by atoms with E-state index in [0.717, 1.165) is 22.6 Å². The van der Waals surface area contributed by atoms with Crippen LogP contribution < -0.4 is 14.8 Å². The second-order valence-electron chi connectivity index (χ2n) is 4.87. The van der Waals surface area contributed by atoms with Gasteiger partial charge in [0.2, 0.25) is 6.79 Å². The van der Waals surface area contributed by atoms with Crippen molar-refractivity contribution in [2.45, 2.75) is 20.0 Å². The molecule has 0 bridgehead atoms. The summed E-state index contributed by atoms with van der Waals surface area (Å²) in [5, 5.41) is 3.29. The lowest BCUT2D eigenvalue weighted by Gasteiger charge is -2.07. The first-order chi connectivity index (χ1) is 9.72. The standard InChI is InChI=1S/C16H16FNO2/c1-11-2-3-12(6-14(11)17)8-18-9-13-4-5-15-16(7-13)20-10-19-15/h2-7,18H,8-10H2,1H3. The molecule has 0 atom stereocenters. The van der Waals surface area contributed by atoms with Gasteiger partial charge in [-0.25, -0.2) is 4.39 Å². The number of nitrogens with one attached hydrogen (secondary N) is 1. The number of halogens is 1. The van der Waals surface area contributed by atoms with Gasteiger partial charge in [-0.3, -0.25) is 0 Å². The summed E-state index contributed by atoms with van der Waals surface area (Å²) in [4.78, 5) is 0. The first kappa shape index (κ1) is 12.9. The van der Waals surface area contributed by atoms with Crippen LogP contribution in [0.3, 0.4) is 0 Å². The van der Waals surface area contributed by atoms with Gasteiger partial charge in [-0.05, 0) is 41.8 Å². The van der Waals surface area contributed by atoms with E-state index < -0.39 is 0 Å². The van der Waals surface area contributed by atoms with Crippen molar-refractivity contribution in [3.05, 3.63) is 58.9 Å². The minimum atomic E-state index is -0.160. The van der Waals surface area contributed by atoms with Crippen molar-refractivity contribution in [1.29, 1.82) is 0 Å². The molecule has 3 rings (SSSR count). The molecule has 3 nitrogen and oxygen atoms in total. The van der Waals surface area contributed by atoms with Gasteiger partial charge in [-0.1, -0.05) is 18.2 Å². The molecule has 0 radical (unpaired) electrons. The lowest BCUT2D eigenvalue weighted by molar-refractivity contribution is 0.174. The van der Waals surface area contributed by atoms with Crippen molar-refractivity contribution in [1.82, 2.24) is 5.32 Å². The van der Waals surface area contributed by atoms with Gasteiger partial charge in [0.15, 0.2) is 11.5 Å². The van der Waals surface area contributed by atoms with Crippen LogP contribution in [0, 0.1) is 12.7 Å².